The second kappa shape index (κ2) is 4.63. The summed E-state index contributed by atoms with van der Waals surface area (Å²) in [5.74, 6) is 1.01. The van der Waals surface area contributed by atoms with Crippen molar-refractivity contribution < 1.29 is 5.11 Å². The van der Waals surface area contributed by atoms with Gasteiger partial charge in [-0.25, -0.2) is 4.68 Å². The molecule has 6 nitrogen and oxygen atoms in total. The highest BCUT2D eigenvalue weighted by molar-refractivity contribution is 5.65. The molecule has 1 aliphatic heterocycles. The molecule has 2 heterocycles. The molecule has 0 radical (unpaired) electrons. The highest BCUT2D eigenvalue weighted by Gasteiger charge is 2.24. The van der Waals surface area contributed by atoms with E-state index < -0.39 is 0 Å². The van der Waals surface area contributed by atoms with Crippen LogP contribution in [-0.4, -0.2) is 34.1 Å². The van der Waals surface area contributed by atoms with E-state index in [4.69, 9.17) is 11.0 Å². The highest BCUT2D eigenvalue weighted by Crippen LogP contribution is 2.26. The van der Waals surface area contributed by atoms with Crippen molar-refractivity contribution in [3.05, 3.63) is 5.56 Å². The number of rotatable bonds is 2. The molecule has 1 fully saturated rings. The van der Waals surface area contributed by atoms with E-state index in [0.717, 1.165) is 19.4 Å². The summed E-state index contributed by atoms with van der Waals surface area (Å²) in [5, 5.41) is 23.1. The van der Waals surface area contributed by atoms with E-state index in [1.807, 2.05) is 11.8 Å². The van der Waals surface area contributed by atoms with Crippen molar-refractivity contribution in [2.24, 2.45) is 0 Å². The van der Waals surface area contributed by atoms with Gasteiger partial charge in [0.05, 0.1) is 6.10 Å². The van der Waals surface area contributed by atoms with E-state index in [2.05, 4.69) is 11.2 Å². The summed E-state index contributed by atoms with van der Waals surface area (Å²) in [4.78, 5) is 1.94. The van der Waals surface area contributed by atoms with Crippen LogP contribution in [0.15, 0.2) is 0 Å². The molecule has 6 heteroatoms. The number of nitrogens with two attached hydrogens (primary N) is 1. The molecule has 3 N–H and O–H groups in total. The summed E-state index contributed by atoms with van der Waals surface area (Å²) in [5.41, 5.74) is 6.27. The van der Waals surface area contributed by atoms with Crippen molar-refractivity contribution >= 4 is 11.6 Å². The van der Waals surface area contributed by atoms with Gasteiger partial charge in [-0.1, -0.05) is 0 Å². The molecule has 1 atom stereocenters. The van der Waals surface area contributed by atoms with Gasteiger partial charge in [-0.15, -0.1) is 0 Å². The van der Waals surface area contributed by atoms with Gasteiger partial charge >= 0.3 is 0 Å². The number of hydrogen-bond acceptors (Lipinski definition) is 5. The maximum atomic E-state index is 9.65. The fourth-order valence-electron chi connectivity index (χ4n) is 2.18. The number of aliphatic hydroxyl groups excluding tert-OH is 1. The van der Waals surface area contributed by atoms with Crippen molar-refractivity contribution in [3.8, 4) is 6.07 Å². The smallest absolute Gasteiger partial charge is 0.171 e. The maximum Gasteiger partial charge on any atom is 0.171 e. The van der Waals surface area contributed by atoms with Crippen LogP contribution in [0.3, 0.4) is 0 Å². The highest BCUT2D eigenvalue weighted by atomic mass is 16.3. The van der Waals surface area contributed by atoms with Crippen LogP contribution >= 0.6 is 0 Å². The Labute approximate surface area is 100 Å². The predicted molar refractivity (Wildman–Crippen MR) is 64.5 cm³/mol. The average molecular weight is 235 g/mol. The van der Waals surface area contributed by atoms with E-state index in [1.165, 1.54) is 0 Å². The van der Waals surface area contributed by atoms with Crippen molar-refractivity contribution in [1.29, 1.82) is 5.26 Å². The Hall–Kier alpha value is -1.74. The number of nitriles is 1. The van der Waals surface area contributed by atoms with Gasteiger partial charge in [-0.2, -0.15) is 10.4 Å². The molecule has 1 aliphatic rings. The molecular weight excluding hydrogens is 218 g/mol. The lowest BCUT2D eigenvalue weighted by Crippen LogP contribution is -2.38. The van der Waals surface area contributed by atoms with Gasteiger partial charge < -0.3 is 15.7 Å². The van der Waals surface area contributed by atoms with Crippen LogP contribution in [0.25, 0.3) is 0 Å². The molecule has 1 unspecified atom stereocenters. The standard InChI is InChI=1S/C11H17N5O/c1-2-16-10(13)9(6-12)11(14-16)15-5-3-4-8(17)7-15/h8,17H,2-5,7,13H2,1H3. The van der Waals surface area contributed by atoms with Crippen LogP contribution < -0.4 is 10.6 Å². The first kappa shape index (κ1) is 11.7. The molecule has 92 valence electrons. The minimum atomic E-state index is -0.344. The Kier molecular flexibility index (Phi) is 3.20. The number of aryl methyl sites for hydroxylation is 1. The summed E-state index contributed by atoms with van der Waals surface area (Å²) in [6.45, 7) is 3.90. The molecule has 0 bridgehead atoms. The minimum absolute atomic E-state index is 0.344. The Morgan fingerprint density at radius 1 is 1.65 bits per heavy atom. The van der Waals surface area contributed by atoms with Crippen LogP contribution in [0, 0.1) is 11.3 Å². The number of piperidine rings is 1. The van der Waals surface area contributed by atoms with E-state index in [9.17, 15) is 5.11 Å². The Bertz CT molecular complexity index is 447. The fourth-order valence-corrected chi connectivity index (χ4v) is 2.18. The lowest BCUT2D eigenvalue weighted by Gasteiger charge is -2.30. The van der Waals surface area contributed by atoms with Crippen molar-refractivity contribution in [2.45, 2.75) is 32.4 Å². The van der Waals surface area contributed by atoms with Gasteiger partial charge in [0.2, 0.25) is 0 Å². The zero-order valence-electron chi connectivity index (χ0n) is 9.93. The zero-order valence-corrected chi connectivity index (χ0v) is 9.93. The first-order valence-corrected chi connectivity index (χ1v) is 5.86. The fraction of sp³-hybridized carbons (Fsp3) is 0.636. The first-order valence-electron chi connectivity index (χ1n) is 5.86. The third kappa shape index (κ3) is 2.06. The van der Waals surface area contributed by atoms with Crippen LogP contribution in [0.4, 0.5) is 11.6 Å². The summed E-state index contributed by atoms with van der Waals surface area (Å²) in [7, 11) is 0. The number of β-amino-alcohol motifs (C(OH)–C–C–N with tert-alkyl or cyclic N) is 1. The molecule has 1 saturated heterocycles. The van der Waals surface area contributed by atoms with Crippen LogP contribution in [0.1, 0.15) is 25.3 Å². The second-order valence-electron chi connectivity index (χ2n) is 4.25. The molecule has 0 spiro atoms. The lowest BCUT2D eigenvalue weighted by molar-refractivity contribution is 0.154. The van der Waals surface area contributed by atoms with Crippen molar-refractivity contribution in [1.82, 2.24) is 9.78 Å². The summed E-state index contributed by atoms with van der Waals surface area (Å²) in [6, 6.07) is 2.10. The first-order chi connectivity index (χ1) is 8.17. The monoisotopic (exact) mass is 235 g/mol. The van der Waals surface area contributed by atoms with Crippen molar-refractivity contribution in [3.63, 3.8) is 0 Å². The van der Waals surface area contributed by atoms with Gasteiger partial charge in [0.25, 0.3) is 0 Å². The van der Waals surface area contributed by atoms with Gasteiger partial charge in [-0.05, 0) is 19.8 Å². The molecule has 2 rings (SSSR count). The largest absolute Gasteiger partial charge is 0.391 e. The third-order valence-corrected chi connectivity index (χ3v) is 3.08. The van der Waals surface area contributed by atoms with Gasteiger partial charge in [0.1, 0.15) is 17.5 Å². The molecule has 0 amide bonds. The number of aliphatic hydroxyl groups is 1. The normalized spacial score (nSPS) is 20.3. The number of aromatic nitrogens is 2. The molecule has 1 aromatic rings. The van der Waals surface area contributed by atoms with E-state index in [-0.39, 0.29) is 6.10 Å². The average Bonchev–Trinajstić information content (AvgIpc) is 2.65. The maximum absolute atomic E-state index is 9.65. The summed E-state index contributed by atoms with van der Waals surface area (Å²) >= 11 is 0. The quantitative estimate of drug-likeness (QED) is 0.770. The number of nitrogen functional groups attached to an aromatic ring is 1. The van der Waals surface area contributed by atoms with E-state index >= 15 is 0 Å². The van der Waals surface area contributed by atoms with Gasteiger partial charge in [-0.3, -0.25) is 0 Å². The summed E-state index contributed by atoms with van der Waals surface area (Å²) < 4.78 is 1.62. The van der Waals surface area contributed by atoms with Crippen LogP contribution in [-0.2, 0) is 6.54 Å². The topological polar surface area (TPSA) is 91.1 Å². The predicted octanol–water partition coefficient (Wildman–Crippen LogP) is 0.318. The van der Waals surface area contributed by atoms with E-state index in [1.54, 1.807) is 4.68 Å². The second-order valence-corrected chi connectivity index (χ2v) is 4.25. The Morgan fingerprint density at radius 2 is 2.41 bits per heavy atom. The molecule has 0 aromatic carbocycles. The minimum Gasteiger partial charge on any atom is -0.391 e. The zero-order chi connectivity index (χ0) is 12.4. The van der Waals surface area contributed by atoms with E-state index in [0.29, 0.717) is 30.3 Å². The number of nitrogens with zero attached hydrogens (tertiary/aromatic N) is 4. The molecular formula is C11H17N5O. The summed E-state index contributed by atoms with van der Waals surface area (Å²) in [6.07, 6.45) is 1.37. The van der Waals surface area contributed by atoms with Crippen LogP contribution in [0.5, 0.6) is 0 Å². The Balaban J connectivity index is 2.34. The number of hydrogen-bond donors (Lipinski definition) is 2. The lowest BCUT2D eigenvalue weighted by atomic mass is 10.1. The van der Waals surface area contributed by atoms with Gasteiger partial charge in [0.15, 0.2) is 5.82 Å². The van der Waals surface area contributed by atoms with Crippen molar-refractivity contribution in [2.75, 3.05) is 23.7 Å². The third-order valence-electron chi connectivity index (χ3n) is 3.08. The Morgan fingerprint density at radius 3 is 3.00 bits per heavy atom. The van der Waals surface area contributed by atoms with Crippen LogP contribution in [0.2, 0.25) is 0 Å². The molecule has 0 saturated carbocycles. The molecule has 17 heavy (non-hydrogen) atoms. The number of anilines is 2. The molecule has 1 aromatic heterocycles. The SMILES string of the molecule is CCn1nc(N2CCCC(O)C2)c(C#N)c1N. The molecule has 0 aliphatic carbocycles. The van der Waals surface area contributed by atoms with Gasteiger partial charge in [0, 0.05) is 19.6 Å².